The zero-order valence-electron chi connectivity index (χ0n) is 9.47. The highest BCUT2D eigenvalue weighted by Crippen LogP contribution is 2.64. The fraction of sp³-hybridized carbons (Fsp3) is 0.545. The smallest absolute Gasteiger partial charge is 0.231 e. The second kappa shape index (κ2) is 4.30. The van der Waals surface area contributed by atoms with Crippen molar-refractivity contribution in [2.45, 2.75) is 24.2 Å². The van der Waals surface area contributed by atoms with E-state index >= 15 is 0 Å². The summed E-state index contributed by atoms with van der Waals surface area (Å²) in [5.41, 5.74) is -0.647. The molecule has 2 nitrogen and oxygen atoms in total. The molecule has 0 aromatic carbocycles. The van der Waals surface area contributed by atoms with Crippen LogP contribution in [0.5, 0.6) is 0 Å². The van der Waals surface area contributed by atoms with Gasteiger partial charge in [0, 0.05) is 11.9 Å². The Balaban J connectivity index is 2.02. The van der Waals surface area contributed by atoms with Gasteiger partial charge in [0.2, 0.25) is 5.91 Å². The van der Waals surface area contributed by atoms with Crippen molar-refractivity contribution in [2.24, 2.45) is 5.41 Å². The summed E-state index contributed by atoms with van der Waals surface area (Å²) in [5, 5.41) is 0. The van der Waals surface area contributed by atoms with E-state index in [1.165, 1.54) is 11.3 Å². The molecule has 1 saturated carbocycles. The SMILES string of the molecule is CN(Cc1ccc(Cl)s1)C(=O)C1(C)CC1(Cl)Cl. The number of rotatable bonds is 3. The van der Waals surface area contributed by atoms with Crippen LogP contribution in [0.3, 0.4) is 0 Å². The lowest BCUT2D eigenvalue weighted by molar-refractivity contribution is -0.135. The average Bonchev–Trinajstić information content (AvgIpc) is 2.58. The summed E-state index contributed by atoms with van der Waals surface area (Å²) in [6, 6.07) is 3.74. The molecule has 0 radical (unpaired) electrons. The second-order valence-electron chi connectivity index (χ2n) is 4.58. The van der Waals surface area contributed by atoms with Crippen molar-refractivity contribution in [1.29, 1.82) is 0 Å². The monoisotopic (exact) mass is 311 g/mol. The molecular formula is C11H12Cl3NOS. The van der Waals surface area contributed by atoms with E-state index in [9.17, 15) is 4.79 Å². The summed E-state index contributed by atoms with van der Waals surface area (Å²) in [5.74, 6) is -0.0213. The standard InChI is InChI=1S/C11H12Cl3NOS/c1-10(6-11(10,13)14)9(16)15(2)5-7-3-4-8(12)17-7/h3-4H,5-6H2,1-2H3. The number of halogens is 3. The van der Waals surface area contributed by atoms with E-state index < -0.39 is 9.75 Å². The number of amides is 1. The maximum Gasteiger partial charge on any atom is 0.231 e. The van der Waals surface area contributed by atoms with Gasteiger partial charge in [0.15, 0.2) is 0 Å². The van der Waals surface area contributed by atoms with E-state index in [-0.39, 0.29) is 5.91 Å². The Morgan fingerprint density at radius 3 is 2.53 bits per heavy atom. The van der Waals surface area contributed by atoms with Crippen molar-refractivity contribution >= 4 is 52.0 Å². The quantitative estimate of drug-likeness (QED) is 0.774. The first-order valence-electron chi connectivity index (χ1n) is 5.14. The van der Waals surface area contributed by atoms with Gasteiger partial charge in [-0.05, 0) is 25.5 Å². The third kappa shape index (κ3) is 2.43. The van der Waals surface area contributed by atoms with Gasteiger partial charge in [-0.2, -0.15) is 0 Å². The Hall–Kier alpha value is 0.0400. The Morgan fingerprint density at radius 2 is 2.12 bits per heavy atom. The summed E-state index contributed by atoms with van der Waals surface area (Å²) >= 11 is 19.3. The van der Waals surface area contributed by atoms with Gasteiger partial charge in [-0.1, -0.05) is 11.6 Å². The molecule has 1 aromatic heterocycles. The zero-order chi connectivity index (χ0) is 12.8. The van der Waals surface area contributed by atoms with Crippen molar-refractivity contribution in [2.75, 3.05) is 7.05 Å². The van der Waals surface area contributed by atoms with Crippen LogP contribution in [-0.4, -0.2) is 22.2 Å². The van der Waals surface area contributed by atoms with Gasteiger partial charge in [0.05, 0.1) is 16.3 Å². The number of carbonyl (C=O) groups excluding carboxylic acids is 1. The van der Waals surface area contributed by atoms with E-state index in [4.69, 9.17) is 34.8 Å². The average molecular weight is 313 g/mol. The number of hydrogen-bond donors (Lipinski definition) is 0. The maximum absolute atomic E-state index is 12.2. The lowest BCUT2D eigenvalue weighted by Crippen LogP contribution is -2.34. The molecule has 1 aromatic rings. The maximum atomic E-state index is 12.2. The van der Waals surface area contributed by atoms with Gasteiger partial charge in [-0.15, -0.1) is 34.5 Å². The first kappa shape index (κ1) is 13.5. The highest BCUT2D eigenvalue weighted by molar-refractivity contribution is 7.16. The first-order valence-corrected chi connectivity index (χ1v) is 7.09. The Bertz CT molecular complexity index is 459. The van der Waals surface area contributed by atoms with E-state index in [1.54, 1.807) is 18.9 Å². The van der Waals surface area contributed by atoms with Crippen LogP contribution in [-0.2, 0) is 11.3 Å². The molecule has 0 aliphatic heterocycles. The van der Waals surface area contributed by atoms with Crippen molar-refractivity contribution in [3.8, 4) is 0 Å². The van der Waals surface area contributed by atoms with E-state index in [0.717, 1.165) is 9.21 Å². The Kier molecular flexibility index (Phi) is 3.41. The van der Waals surface area contributed by atoms with Gasteiger partial charge in [0.25, 0.3) is 0 Å². The van der Waals surface area contributed by atoms with Crippen LogP contribution in [0.4, 0.5) is 0 Å². The third-order valence-electron chi connectivity index (χ3n) is 3.10. The fourth-order valence-electron chi connectivity index (χ4n) is 1.80. The number of nitrogens with zero attached hydrogens (tertiary/aromatic N) is 1. The van der Waals surface area contributed by atoms with Crippen LogP contribution in [0.15, 0.2) is 12.1 Å². The predicted octanol–water partition coefficient (Wildman–Crippen LogP) is 3.94. The molecule has 2 rings (SSSR count). The summed E-state index contributed by atoms with van der Waals surface area (Å²) in [7, 11) is 1.75. The molecule has 6 heteroatoms. The van der Waals surface area contributed by atoms with Crippen LogP contribution >= 0.6 is 46.1 Å². The minimum Gasteiger partial charge on any atom is -0.340 e. The third-order valence-corrected chi connectivity index (χ3v) is 5.42. The van der Waals surface area contributed by atoms with Crippen molar-refractivity contribution in [3.05, 3.63) is 21.3 Å². The Labute approximate surface area is 119 Å². The van der Waals surface area contributed by atoms with Crippen molar-refractivity contribution in [3.63, 3.8) is 0 Å². The molecule has 0 bridgehead atoms. The zero-order valence-corrected chi connectivity index (χ0v) is 12.6. The fourth-order valence-corrected chi connectivity index (χ4v) is 3.63. The lowest BCUT2D eigenvalue weighted by Gasteiger charge is -2.21. The number of thiophene rings is 1. The van der Waals surface area contributed by atoms with Crippen LogP contribution in [0.25, 0.3) is 0 Å². The van der Waals surface area contributed by atoms with E-state index in [2.05, 4.69) is 0 Å². The summed E-state index contributed by atoms with van der Waals surface area (Å²) in [6.07, 6.45) is 0.511. The molecule has 1 heterocycles. The highest BCUT2D eigenvalue weighted by Gasteiger charge is 2.68. The molecule has 17 heavy (non-hydrogen) atoms. The first-order chi connectivity index (χ1) is 7.76. The van der Waals surface area contributed by atoms with Gasteiger partial charge in [0.1, 0.15) is 4.33 Å². The van der Waals surface area contributed by atoms with Gasteiger partial charge < -0.3 is 4.90 Å². The van der Waals surface area contributed by atoms with E-state index in [1.807, 2.05) is 12.1 Å². The van der Waals surface area contributed by atoms with Gasteiger partial charge in [-0.25, -0.2) is 0 Å². The molecule has 1 aliphatic rings. The van der Waals surface area contributed by atoms with Crippen molar-refractivity contribution in [1.82, 2.24) is 4.90 Å². The minimum absolute atomic E-state index is 0.0213. The van der Waals surface area contributed by atoms with Crippen LogP contribution in [0, 0.1) is 5.41 Å². The van der Waals surface area contributed by atoms with Crippen LogP contribution < -0.4 is 0 Å². The molecule has 1 unspecified atom stereocenters. The van der Waals surface area contributed by atoms with E-state index in [0.29, 0.717) is 13.0 Å². The molecule has 94 valence electrons. The van der Waals surface area contributed by atoms with Crippen LogP contribution in [0.2, 0.25) is 4.34 Å². The number of hydrogen-bond acceptors (Lipinski definition) is 2. The molecule has 0 N–H and O–H groups in total. The minimum atomic E-state index is -0.911. The second-order valence-corrected chi connectivity index (χ2v) is 7.86. The van der Waals surface area contributed by atoms with Crippen LogP contribution in [0.1, 0.15) is 18.2 Å². The lowest BCUT2D eigenvalue weighted by atomic mass is 10.1. The molecule has 1 fully saturated rings. The van der Waals surface area contributed by atoms with Gasteiger partial charge >= 0.3 is 0 Å². The van der Waals surface area contributed by atoms with Crippen molar-refractivity contribution < 1.29 is 4.79 Å². The summed E-state index contributed by atoms with van der Waals surface area (Å²) < 4.78 is -0.187. The Morgan fingerprint density at radius 1 is 1.53 bits per heavy atom. The highest BCUT2D eigenvalue weighted by atomic mass is 35.5. The van der Waals surface area contributed by atoms with Gasteiger partial charge in [-0.3, -0.25) is 4.79 Å². The number of alkyl halides is 2. The molecule has 0 spiro atoms. The topological polar surface area (TPSA) is 20.3 Å². The molecule has 1 amide bonds. The molecule has 1 atom stereocenters. The normalized spacial score (nSPS) is 25.7. The molecule has 0 saturated heterocycles. The predicted molar refractivity (Wildman–Crippen MR) is 73.0 cm³/mol. The number of carbonyl (C=O) groups is 1. The summed E-state index contributed by atoms with van der Waals surface area (Å²) in [6.45, 7) is 2.34. The summed E-state index contributed by atoms with van der Waals surface area (Å²) in [4.78, 5) is 14.9. The largest absolute Gasteiger partial charge is 0.340 e. The molecular weight excluding hydrogens is 301 g/mol. The molecule has 1 aliphatic carbocycles.